The second-order valence-corrected chi connectivity index (χ2v) is 6.05. The third kappa shape index (κ3) is 3.34. The van der Waals surface area contributed by atoms with Gasteiger partial charge in [0.05, 0.1) is 6.04 Å². The van der Waals surface area contributed by atoms with Crippen molar-refractivity contribution in [1.82, 2.24) is 4.98 Å². The number of hydrogen-bond donors (Lipinski definition) is 1. The number of hydrogen-bond acceptors (Lipinski definition) is 3. The van der Waals surface area contributed by atoms with Gasteiger partial charge in [0.2, 0.25) is 0 Å². The molecule has 0 spiro atoms. The lowest BCUT2D eigenvalue weighted by molar-refractivity contribution is 0.843. The number of aryl methyl sites for hydroxylation is 3. The second-order valence-electron chi connectivity index (χ2n) is 5.17. The summed E-state index contributed by atoms with van der Waals surface area (Å²) >= 11 is 1.76. The molecule has 0 radical (unpaired) electrons. The van der Waals surface area contributed by atoms with Crippen molar-refractivity contribution in [2.45, 2.75) is 38.6 Å². The Labute approximate surface area is 126 Å². The van der Waals surface area contributed by atoms with Gasteiger partial charge in [0.15, 0.2) is 0 Å². The van der Waals surface area contributed by atoms with Gasteiger partial charge in [0.25, 0.3) is 0 Å². The highest BCUT2D eigenvalue weighted by Gasteiger charge is 2.13. The number of nitrogens with zero attached hydrogens (tertiary/aromatic N) is 1. The van der Waals surface area contributed by atoms with E-state index in [0.717, 1.165) is 17.1 Å². The average Bonchev–Trinajstić information content (AvgIpc) is 2.38. The molecule has 0 aliphatic carbocycles. The number of nitrogens with one attached hydrogen (secondary N) is 1. The third-order valence-electron chi connectivity index (χ3n) is 3.49. The fourth-order valence-electron chi connectivity index (χ4n) is 2.70. The van der Waals surface area contributed by atoms with E-state index in [1.807, 2.05) is 6.92 Å². The largest absolute Gasteiger partial charge is 0.378 e. The molecule has 2 rings (SSSR count). The summed E-state index contributed by atoms with van der Waals surface area (Å²) in [5.41, 5.74) is 5.94. The molecule has 1 unspecified atom stereocenters. The third-order valence-corrected chi connectivity index (χ3v) is 4.23. The summed E-state index contributed by atoms with van der Waals surface area (Å²) < 4.78 is 0. The number of thioether (sulfide) groups is 1. The Morgan fingerprint density at radius 3 is 2.30 bits per heavy atom. The number of anilines is 1. The highest BCUT2D eigenvalue weighted by Crippen LogP contribution is 2.26. The monoisotopic (exact) mass is 286 g/mol. The van der Waals surface area contributed by atoms with Crippen LogP contribution in [0.25, 0.3) is 0 Å². The quantitative estimate of drug-likeness (QED) is 0.809. The van der Waals surface area contributed by atoms with E-state index in [2.05, 4.69) is 67.7 Å². The Hall–Kier alpha value is -1.48. The van der Waals surface area contributed by atoms with Gasteiger partial charge in [-0.15, -0.1) is 11.8 Å². The summed E-state index contributed by atoms with van der Waals surface area (Å²) in [5, 5.41) is 3.56. The van der Waals surface area contributed by atoms with Gasteiger partial charge in [-0.1, -0.05) is 0 Å². The highest BCUT2D eigenvalue weighted by atomic mass is 32.2. The smallest absolute Gasteiger partial charge is 0.0506 e. The van der Waals surface area contributed by atoms with Gasteiger partial charge in [-0.3, -0.25) is 4.98 Å². The average molecular weight is 286 g/mol. The molecule has 1 N–H and O–H groups in total. The maximum atomic E-state index is 4.58. The van der Waals surface area contributed by atoms with Crippen LogP contribution in [-0.4, -0.2) is 11.2 Å². The summed E-state index contributed by atoms with van der Waals surface area (Å²) in [4.78, 5) is 5.87. The van der Waals surface area contributed by atoms with Crippen LogP contribution in [0.1, 0.15) is 35.5 Å². The van der Waals surface area contributed by atoms with Gasteiger partial charge in [0.1, 0.15) is 0 Å². The molecule has 0 aliphatic rings. The first-order valence-electron chi connectivity index (χ1n) is 6.86. The van der Waals surface area contributed by atoms with Gasteiger partial charge in [-0.25, -0.2) is 0 Å². The van der Waals surface area contributed by atoms with Gasteiger partial charge >= 0.3 is 0 Å². The Balaban J connectivity index is 2.21. The van der Waals surface area contributed by atoms with E-state index in [1.165, 1.54) is 16.0 Å². The van der Waals surface area contributed by atoms with Crippen LogP contribution in [0.5, 0.6) is 0 Å². The Morgan fingerprint density at radius 2 is 1.75 bits per heavy atom. The van der Waals surface area contributed by atoms with Crippen molar-refractivity contribution in [2.24, 2.45) is 0 Å². The first-order valence-corrected chi connectivity index (χ1v) is 8.09. The molecule has 0 aliphatic heterocycles. The molecule has 1 aromatic heterocycles. The lowest BCUT2D eigenvalue weighted by Crippen LogP contribution is -2.11. The molecule has 2 nitrogen and oxygen atoms in total. The lowest BCUT2D eigenvalue weighted by Gasteiger charge is -2.20. The normalized spacial score (nSPS) is 12.2. The zero-order valence-electron chi connectivity index (χ0n) is 12.8. The van der Waals surface area contributed by atoms with Crippen molar-refractivity contribution in [1.29, 1.82) is 0 Å². The van der Waals surface area contributed by atoms with Crippen molar-refractivity contribution in [2.75, 3.05) is 11.6 Å². The zero-order valence-corrected chi connectivity index (χ0v) is 13.6. The fraction of sp³-hybridized carbons (Fsp3) is 0.353. The Kier molecular flexibility index (Phi) is 4.71. The summed E-state index contributed by atoms with van der Waals surface area (Å²) in [7, 11) is 0. The van der Waals surface area contributed by atoms with Crippen LogP contribution in [-0.2, 0) is 0 Å². The number of benzene rings is 1. The number of rotatable bonds is 4. The molecular formula is C17H22N2S. The molecule has 2 aromatic rings. The van der Waals surface area contributed by atoms with Gasteiger partial charge < -0.3 is 5.32 Å². The van der Waals surface area contributed by atoms with E-state index >= 15 is 0 Å². The van der Waals surface area contributed by atoms with Crippen molar-refractivity contribution < 1.29 is 0 Å². The van der Waals surface area contributed by atoms with Crippen LogP contribution in [0.3, 0.4) is 0 Å². The van der Waals surface area contributed by atoms with Crippen molar-refractivity contribution in [3.05, 3.63) is 52.8 Å². The summed E-state index contributed by atoms with van der Waals surface area (Å²) in [6, 6.07) is 11.0. The zero-order chi connectivity index (χ0) is 14.7. The molecule has 0 saturated carbocycles. The molecule has 1 atom stereocenters. The summed E-state index contributed by atoms with van der Waals surface area (Å²) in [6.07, 6.45) is 2.09. The van der Waals surface area contributed by atoms with Crippen LogP contribution in [0.2, 0.25) is 0 Å². The second kappa shape index (κ2) is 6.31. The molecule has 106 valence electrons. The van der Waals surface area contributed by atoms with Crippen molar-refractivity contribution in [3.63, 3.8) is 0 Å². The van der Waals surface area contributed by atoms with E-state index in [0.29, 0.717) is 0 Å². The molecule has 0 bridgehead atoms. The van der Waals surface area contributed by atoms with E-state index in [9.17, 15) is 0 Å². The Bertz CT molecular complexity index is 567. The van der Waals surface area contributed by atoms with Crippen LogP contribution < -0.4 is 5.32 Å². The maximum Gasteiger partial charge on any atom is 0.0506 e. The van der Waals surface area contributed by atoms with E-state index in [1.54, 1.807) is 11.8 Å². The minimum absolute atomic E-state index is 0.253. The SMILES string of the molecule is CSc1ccc(NC(C)c2c(C)cc(C)nc2C)cc1. The number of pyridine rings is 1. The maximum absolute atomic E-state index is 4.58. The van der Waals surface area contributed by atoms with Crippen molar-refractivity contribution in [3.8, 4) is 0 Å². The molecule has 1 aromatic carbocycles. The van der Waals surface area contributed by atoms with Crippen LogP contribution >= 0.6 is 11.8 Å². The molecule has 0 saturated heterocycles. The molecule has 1 heterocycles. The highest BCUT2D eigenvalue weighted by molar-refractivity contribution is 7.98. The Morgan fingerprint density at radius 1 is 1.10 bits per heavy atom. The van der Waals surface area contributed by atoms with E-state index in [-0.39, 0.29) is 6.04 Å². The lowest BCUT2D eigenvalue weighted by atomic mass is 10.00. The predicted octanol–water partition coefficient (Wildman–Crippen LogP) is 4.90. The van der Waals surface area contributed by atoms with Gasteiger partial charge in [-0.05, 0) is 75.4 Å². The van der Waals surface area contributed by atoms with Gasteiger partial charge in [-0.2, -0.15) is 0 Å². The minimum Gasteiger partial charge on any atom is -0.378 e. The topological polar surface area (TPSA) is 24.9 Å². The fourth-order valence-corrected chi connectivity index (χ4v) is 3.11. The van der Waals surface area contributed by atoms with E-state index < -0.39 is 0 Å². The molecule has 0 fully saturated rings. The van der Waals surface area contributed by atoms with Crippen LogP contribution in [0, 0.1) is 20.8 Å². The number of aromatic nitrogens is 1. The molecule has 20 heavy (non-hydrogen) atoms. The molecule has 3 heteroatoms. The summed E-state index contributed by atoms with van der Waals surface area (Å²) in [6.45, 7) is 8.48. The minimum atomic E-state index is 0.253. The standard InChI is InChI=1S/C17H22N2S/c1-11-10-12(2)18-13(3)17(11)14(4)19-15-6-8-16(20-5)9-7-15/h6-10,14,19H,1-5H3. The van der Waals surface area contributed by atoms with Crippen molar-refractivity contribution >= 4 is 17.4 Å². The van der Waals surface area contributed by atoms with Gasteiger partial charge in [0, 0.05) is 22.0 Å². The summed E-state index contributed by atoms with van der Waals surface area (Å²) in [5.74, 6) is 0. The molecule has 0 amide bonds. The first-order chi connectivity index (χ1) is 9.51. The first kappa shape index (κ1) is 14.9. The van der Waals surface area contributed by atoms with E-state index in [4.69, 9.17) is 0 Å². The van der Waals surface area contributed by atoms with Crippen LogP contribution in [0.4, 0.5) is 5.69 Å². The molecular weight excluding hydrogens is 264 g/mol. The predicted molar refractivity (Wildman–Crippen MR) is 88.7 cm³/mol. The van der Waals surface area contributed by atoms with Crippen LogP contribution in [0.15, 0.2) is 35.2 Å².